The molecule has 2 heterocycles. The average molecular weight is 963 g/mol. The number of amides is 8. The number of phenolic OH excluding ortho intramolecular Hbond substituents is 1. The Labute approximate surface area is 398 Å². The van der Waals surface area contributed by atoms with Crippen LogP contribution in [-0.4, -0.2) is 129 Å². The minimum Gasteiger partial charge on any atom is -0.508 e. The number of nitrogens with zero attached hydrogens (tertiary/aromatic N) is 2. The highest BCUT2D eigenvalue weighted by Crippen LogP contribution is 2.14. The average Bonchev–Trinajstić information content (AvgIpc) is 3.83. The number of nitrogens with one attached hydrogen (secondary N) is 8. The maximum absolute atomic E-state index is 14.5. The Bertz CT molecular complexity index is 2190. The van der Waals surface area contributed by atoms with E-state index < -0.39 is 89.6 Å². The van der Waals surface area contributed by atoms with Crippen LogP contribution in [0.15, 0.2) is 72.1 Å². The first-order valence-corrected chi connectivity index (χ1v) is 22.8. The summed E-state index contributed by atoms with van der Waals surface area (Å²) in [5, 5.41) is 28.6. The first kappa shape index (κ1) is 53.4. The molecule has 4 rings (SSSR count). The van der Waals surface area contributed by atoms with Gasteiger partial charge in [0, 0.05) is 49.9 Å². The highest BCUT2D eigenvalue weighted by molar-refractivity contribution is 7.80. The van der Waals surface area contributed by atoms with E-state index in [2.05, 4.69) is 64.8 Å². The Morgan fingerprint density at radius 3 is 1.53 bits per heavy atom. The number of aromatic amines is 1. The van der Waals surface area contributed by atoms with Crippen LogP contribution in [-0.2, 0) is 57.6 Å². The number of aromatic nitrogens is 2. The SMILES string of the molecule is NCCCC[C@@H]1NC(=O)[C@H](CCCN=C(N)N)NC(=O)[C@H](CCC(N)=O)NC(=O)[C@H](Cc2ccccc2)NC(=O)[C@H](Cc2cnc[nH]2)NC(=O)[C@H](Cc2ccc(O)cc2)NC(=O)[C@H](CS)NC1=O. The largest absolute Gasteiger partial charge is 0.508 e. The van der Waals surface area contributed by atoms with Gasteiger partial charge in [-0.05, 0) is 68.3 Å². The van der Waals surface area contributed by atoms with Gasteiger partial charge < -0.3 is 70.2 Å². The fourth-order valence-electron chi connectivity index (χ4n) is 7.15. The van der Waals surface area contributed by atoms with Crippen LogP contribution >= 0.6 is 12.6 Å². The van der Waals surface area contributed by atoms with Crippen molar-refractivity contribution in [1.29, 1.82) is 0 Å². The molecule has 24 heteroatoms. The number of aliphatic imine (C=N–C) groups is 1. The Hall–Kier alpha value is -7.21. The molecule has 1 saturated heterocycles. The molecule has 17 N–H and O–H groups in total. The number of guanidine groups is 1. The number of carbonyl (C=O) groups excluding carboxylic acids is 8. The van der Waals surface area contributed by atoms with Crippen molar-refractivity contribution < 1.29 is 43.5 Å². The van der Waals surface area contributed by atoms with Crippen LogP contribution in [0.5, 0.6) is 5.75 Å². The topological polar surface area (TPSA) is 386 Å². The Morgan fingerprint density at radius 1 is 0.588 bits per heavy atom. The van der Waals surface area contributed by atoms with E-state index in [1.165, 1.54) is 36.8 Å². The van der Waals surface area contributed by atoms with Gasteiger partial charge in [-0.3, -0.25) is 43.3 Å². The molecule has 0 unspecified atom stereocenters. The smallest absolute Gasteiger partial charge is 0.244 e. The summed E-state index contributed by atoms with van der Waals surface area (Å²) in [6.45, 7) is 0.322. The molecule has 2 aromatic carbocycles. The van der Waals surface area contributed by atoms with Crippen LogP contribution in [0.2, 0.25) is 0 Å². The Kier molecular flexibility index (Phi) is 21.5. The second-order valence-electron chi connectivity index (χ2n) is 16.2. The molecular weight excluding hydrogens is 901 g/mol. The molecule has 1 aromatic heterocycles. The third-order valence-electron chi connectivity index (χ3n) is 10.8. The lowest BCUT2D eigenvalue weighted by atomic mass is 10.0. The third-order valence-corrected chi connectivity index (χ3v) is 11.2. The van der Waals surface area contributed by atoms with Crippen LogP contribution in [0.1, 0.15) is 61.8 Å². The van der Waals surface area contributed by atoms with Crippen LogP contribution in [0, 0.1) is 0 Å². The fraction of sp³-hybridized carbons (Fsp3) is 0.455. The molecule has 1 aliphatic rings. The van der Waals surface area contributed by atoms with Crippen LogP contribution in [0.4, 0.5) is 0 Å². The summed E-state index contributed by atoms with van der Waals surface area (Å²) in [6, 6.07) is 4.73. The number of H-pyrrole nitrogens is 1. The van der Waals surface area contributed by atoms with Gasteiger partial charge in [0.1, 0.15) is 48.0 Å². The van der Waals surface area contributed by atoms with Gasteiger partial charge in [0.2, 0.25) is 47.3 Å². The van der Waals surface area contributed by atoms with Crippen molar-refractivity contribution in [1.82, 2.24) is 47.2 Å². The van der Waals surface area contributed by atoms with Gasteiger partial charge in [0.15, 0.2) is 5.96 Å². The Morgan fingerprint density at radius 2 is 1.04 bits per heavy atom. The first-order valence-electron chi connectivity index (χ1n) is 22.1. The molecule has 7 atom stereocenters. The zero-order valence-electron chi connectivity index (χ0n) is 37.4. The highest BCUT2D eigenvalue weighted by atomic mass is 32.1. The van der Waals surface area contributed by atoms with Gasteiger partial charge in [0.05, 0.1) is 6.33 Å². The van der Waals surface area contributed by atoms with Gasteiger partial charge in [-0.1, -0.05) is 42.5 Å². The van der Waals surface area contributed by atoms with Gasteiger partial charge in [-0.2, -0.15) is 12.6 Å². The molecule has 368 valence electrons. The number of unbranched alkanes of at least 4 members (excludes halogenated alkanes) is 1. The summed E-state index contributed by atoms with van der Waals surface area (Å²) in [4.78, 5) is 123. The van der Waals surface area contributed by atoms with Crippen LogP contribution < -0.4 is 60.2 Å². The molecule has 0 aliphatic carbocycles. The lowest BCUT2D eigenvalue weighted by Gasteiger charge is -2.27. The number of nitrogens with two attached hydrogens (primary N) is 4. The summed E-state index contributed by atoms with van der Waals surface area (Å²) < 4.78 is 0. The van der Waals surface area contributed by atoms with Crippen molar-refractivity contribution in [2.24, 2.45) is 27.9 Å². The van der Waals surface area contributed by atoms with E-state index >= 15 is 0 Å². The normalized spacial score (nSPS) is 22.4. The van der Waals surface area contributed by atoms with Crippen molar-refractivity contribution >= 4 is 65.8 Å². The predicted octanol–water partition coefficient (Wildman–Crippen LogP) is -3.07. The maximum Gasteiger partial charge on any atom is 0.244 e. The van der Waals surface area contributed by atoms with E-state index in [0.29, 0.717) is 29.7 Å². The van der Waals surface area contributed by atoms with E-state index in [4.69, 9.17) is 22.9 Å². The molecule has 8 amide bonds. The van der Waals surface area contributed by atoms with Gasteiger partial charge in [-0.15, -0.1) is 0 Å². The number of primary amides is 1. The van der Waals surface area contributed by atoms with Crippen molar-refractivity contribution in [3.8, 4) is 5.75 Å². The number of carbonyl (C=O) groups is 8. The molecule has 3 aromatic rings. The second kappa shape index (κ2) is 27.4. The highest BCUT2D eigenvalue weighted by Gasteiger charge is 2.36. The number of benzene rings is 2. The molecule has 1 aliphatic heterocycles. The summed E-state index contributed by atoms with van der Waals surface area (Å²) in [7, 11) is 0. The monoisotopic (exact) mass is 962 g/mol. The molecule has 0 saturated carbocycles. The number of thiol groups is 1. The fourth-order valence-corrected chi connectivity index (χ4v) is 7.41. The zero-order chi connectivity index (χ0) is 49.6. The summed E-state index contributed by atoms with van der Waals surface area (Å²) in [5.41, 5.74) is 23.7. The van der Waals surface area contributed by atoms with Crippen molar-refractivity contribution in [3.63, 3.8) is 0 Å². The molecule has 23 nitrogen and oxygen atoms in total. The minimum atomic E-state index is -1.50. The van der Waals surface area contributed by atoms with Crippen molar-refractivity contribution in [2.75, 3.05) is 18.8 Å². The summed E-state index contributed by atoms with van der Waals surface area (Å²) >= 11 is 4.32. The summed E-state index contributed by atoms with van der Waals surface area (Å²) in [5.74, 6) is -7.25. The van der Waals surface area contributed by atoms with Crippen molar-refractivity contribution in [3.05, 3.63) is 83.9 Å². The predicted molar refractivity (Wildman–Crippen MR) is 253 cm³/mol. The molecule has 0 radical (unpaired) electrons. The second-order valence-corrected chi connectivity index (χ2v) is 16.6. The number of phenols is 1. The molecule has 0 bridgehead atoms. The van der Waals surface area contributed by atoms with E-state index in [-0.39, 0.29) is 81.9 Å². The quantitative estimate of drug-likeness (QED) is 0.0261. The maximum atomic E-state index is 14.5. The number of imidazole rings is 1. The summed E-state index contributed by atoms with van der Waals surface area (Å²) in [6.07, 6.45) is 2.63. The standard InChI is InChI=1S/C44H62N14O9S/c45-17-5-4-9-29-38(62)58-35(23-68)43(67)56-33(20-26-11-13-28(59)14-12-26)41(65)57-34(21-27-22-49-24-51-27)42(66)55-32(19-25-7-2-1-3-8-25)40(64)54-31(15-16-36(46)60)39(63)53-30(37(61)52-29)10-6-18-50-44(47)48/h1-3,7-8,11-14,22,24,29-35,59,68H,4-6,9-10,15-21,23,45H2,(H2,46,60)(H,49,51)(H,52,61)(H,53,63)(H,54,64)(H,55,66)(H,56,67)(H,57,65)(H,58,62)(H4,47,48,50)/t29-,30-,31-,32-,33-,34-,35-/m0/s1. The number of aromatic hydroxyl groups is 1. The number of hydrogen-bond acceptors (Lipinski definition) is 13. The van der Waals surface area contributed by atoms with E-state index in [0.717, 1.165) is 0 Å². The third kappa shape index (κ3) is 17.9. The van der Waals surface area contributed by atoms with Crippen molar-refractivity contribution in [2.45, 2.75) is 107 Å². The lowest BCUT2D eigenvalue weighted by molar-refractivity contribution is -0.135. The zero-order valence-corrected chi connectivity index (χ0v) is 38.3. The number of rotatable bonds is 18. The lowest BCUT2D eigenvalue weighted by Crippen LogP contribution is -2.60. The van der Waals surface area contributed by atoms with Crippen LogP contribution in [0.25, 0.3) is 0 Å². The van der Waals surface area contributed by atoms with Crippen LogP contribution in [0.3, 0.4) is 0 Å². The molecule has 1 fully saturated rings. The molecule has 0 spiro atoms. The van der Waals surface area contributed by atoms with Gasteiger partial charge in [-0.25, -0.2) is 4.98 Å². The molecule has 68 heavy (non-hydrogen) atoms. The number of hydrogen-bond donors (Lipinski definition) is 14. The Balaban J connectivity index is 1.84. The van der Waals surface area contributed by atoms with Gasteiger partial charge in [0.25, 0.3) is 0 Å². The van der Waals surface area contributed by atoms with E-state index in [1.807, 2.05) is 0 Å². The molecular formula is C44H62N14O9S. The van der Waals surface area contributed by atoms with E-state index in [1.54, 1.807) is 30.3 Å². The first-order chi connectivity index (χ1) is 32.6. The van der Waals surface area contributed by atoms with Gasteiger partial charge >= 0.3 is 0 Å². The van der Waals surface area contributed by atoms with E-state index in [9.17, 15) is 43.5 Å². The minimum absolute atomic E-state index is 0.0507.